The Kier molecular flexibility index (Phi) is 9.84. The first-order valence-electron chi connectivity index (χ1n) is 8.02. The zero-order valence-corrected chi connectivity index (χ0v) is 15.1. The van der Waals surface area contributed by atoms with Gasteiger partial charge in [0, 0.05) is 12.6 Å². The summed E-state index contributed by atoms with van der Waals surface area (Å²) in [5.41, 5.74) is 0. The number of allylic oxidation sites excluding steroid dienone is 2. The summed E-state index contributed by atoms with van der Waals surface area (Å²) in [7, 11) is 3.82. The van der Waals surface area contributed by atoms with Crippen LogP contribution in [0.15, 0.2) is 35.2 Å². The monoisotopic (exact) mass is 323 g/mol. The molecule has 0 bridgehead atoms. The lowest BCUT2D eigenvalue weighted by atomic mass is 10.2. The number of hydrogen-bond acceptors (Lipinski definition) is 4. The maximum absolute atomic E-state index is 5.85. The molecule has 0 saturated carbocycles. The van der Waals surface area contributed by atoms with Crippen LogP contribution in [0.2, 0.25) is 0 Å². The van der Waals surface area contributed by atoms with E-state index in [2.05, 4.69) is 43.4 Å². The Hall–Kier alpha value is -1.13. The summed E-state index contributed by atoms with van der Waals surface area (Å²) in [5.74, 6) is 1.75. The summed E-state index contributed by atoms with van der Waals surface area (Å²) < 4.78 is 13.4. The molecule has 124 valence electrons. The third-order valence-electron chi connectivity index (χ3n) is 3.20. The lowest BCUT2D eigenvalue weighted by Gasteiger charge is -2.18. The average Bonchev–Trinajstić information content (AvgIpc) is 2.53. The molecule has 0 aromatic heterocycles. The predicted molar refractivity (Wildman–Crippen MR) is 95.9 cm³/mol. The largest absolute Gasteiger partial charge is 0.497 e. The predicted octanol–water partition coefficient (Wildman–Crippen LogP) is 5.17. The van der Waals surface area contributed by atoms with Crippen molar-refractivity contribution in [2.24, 2.45) is 0 Å². The third-order valence-corrected chi connectivity index (χ3v) is 4.22. The standard InChI is InChI=1S/C18H29NO2S/c1-5-7-8-9-10-13-19(3)22-18-12-11-16(20-4)15-17(18)21-14-6-2/h5,7,11-12,15H,6,8-10,13-14H2,1-4H3/b7-5-. The van der Waals surface area contributed by atoms with Crippen LogP contribution in [-0.2, 0) is 0 Å². The van der Waals surface area contributed by atoms with E-state index in [1.165, 1.54) is 19.3 Å². The molecule has 22 heavy (non-hydrogen) atoms. The number of unbranched alkanes of at least 4 members (excludes halogenated alkanes) is 2. The van der Waals surface area contributed by atoms with Gasteiger partial charge in [-0.1, -0.05) is 19.1 Å². The number of ether oxygens (including phenoxy) is 2. The van der Waals surface area contributed by atoms with Crippen molar-refractivity contribution in [1.82, 2.24) is 4.31 Å². The molecule has 0 aliphatic carbocycles. The lowest BCUT2D eigenvalue weighted by molar-refractivity contribution is 0.307. The Labute approximate surface area is 139 Å². The molecule has 0 atom stereocenters. The summed E-state index contributed by atoms with van der Waals surface area (Å²) in [5, 5.41) is 0. The Bertz CT molecular complexity index is 449. The minimum atomic E-state index is 0.730. The van der Waals surface area contributed by atoms with Gasteiger partial charge in [0.15, 0.2) is 0 Å². The summed E-state index contributed by atoms with van der Waals surface area (Å²) in [6.07, 6.45) is 8.96. The number of benzene rings is 1. The molecule has 4 heteroatoms. The molecule has 0 saturated heterocycles. The van der Waals surface area contributed by atoms with Gasteiger partial charge in [-0.05, 0) is 63.7 Å². The van der Waals surface area contributed by atoms with E-state index in [0.717, 1.165) is 36.0 Å². The fourth-order valence-corrected chi connectivity index (χ4v) is 2.89. The average molecular weight is 324 g/mol. The number of nitrogens with zero attached hydrogens (tertiary/aromatic N) is 1. The fourth-order valence-electron chi connectivity index (χ4n) is 1.99. The second-order valence-corrected chi connectivity index (χ2v) is 6.41. The molecular formula is C18H29NO2S. The van der Waals surface area contributed by atoms with Gasteiger partial charge in [-0.3, -0.25) is 0 Å². The topological polar surface area (TPSA) is 21.7 Å². The van der Waals surface area contributed by atoms with Crippen molar-refractivity contribution in [2.75, 3.05) is 27.3 Å². The number of methoxy groups -OCH3 is 1. The van der Waals surface area contributed by atoms with Crippen LogP contribution in [0.3, 0.4) is 0 Å². The smallest absolute Gasteiger partial charge is 0.137 e. The van der Waals surface area contributed by atoms with Crippen LogP contribution in [-0.4, -0.2) is 31.6 Å². The van der Waals surface area contributed by atoms with Gasteiger partial charge in [0.2, 0.25) is 0 Å². The molecule has 3 nitrogen and oxygen atoms in total. The van der Waals surface area contributed by atoms with E-state index < -0.39 is 0 Å². The van der Waals surface area contributed by atoms with Crippen molar-refractivity contribution in [2.45, 2.75) is 44.4 Å². The summed E-state index contributed by atoms with van der Waals surface area (Å²) in [6.45, 7) is 5.99. The van der Waals surface area contributed by atoms with Crippen LogP contribution in [0.1, 0.15) is 39.5 Å². The Balaban J connectivity index is 2.54. The van der Waals surface area contributed by atoms with Crippen molar-refractivity contribution in [1.29, 1.82) is 0 Å². The van der Waals surface area contributed by atoms with Crippen LogP contribution in [0, 0.1) is 0 Å². The van der Waals surface area contributed by atoms with E-state index in [9.17, 15) is 0 Å². The third kappa shape index (κ3) is 7.23. The van der Waals surface area contributed by atoms with Gasteiger partial charge in [-0.15, -0.1) is 0 Å². The van der Waals surface area contributed by atoms with Crippen LogP contribution in [0.5, 0.6) is 11.5 Å². The van der Waals surface area contributed by atoms with E-state index >= 15 is 0 Å². The fraction of sp³-hybridized carbons (Fsp3) is 0.556. The molecule has 0 radical (unpaired) electrons. The van der Waals surface area contributed by atoms with Crippen LogP contribution in [0.25, 0.3) is 0 Å². The first-order chi connectivity index (χ1) is 10.7. The highest BCUT2D eigenvalue weighted by Crippen LogP contribution is 2.34. The summed E-state index contributed by atoms with van der Waals surface area (Å²) in [6, 6.07) is 6.03. The van der Waals surface area contributed by atoms with Gasteiger partial charge in [0.05, 0.1) is 18.6 Å². The molecule has 0 fully saturated rings. The molecule has 0 aliphatic rings. The first kappa shape index (κ1) is 18.9. The molecular weight excluding hydrogens is 294 g/mol. The maximum Gasteiger partial charge on any atom is 0.137 e. The van der Waals surface area contributed by atoms with Crippen molar-refractivity contribution >= 4 is 11.9 Å². The highest BCUT2D eigenvalue weighted by Gasteiger charge is 2.09. The Morgan fingerprint density at radius 2 is 2.09 bits per heavy atom. The zero-order valence-electron chi connectivity index (χ0n) is 14.3. The maximum atomic E-state index is 5.85. The normalized spacial score (nSPS) is 11.3. The molecule has 1 rings (SSSR count). The van der Waals surface area contributed by atoms with E-state index in [-0.39, 0.29) is 0 Å². The molecule has 0 aliphatic heterocycles. The number of hydrogen-bond donors (Lipinski definition) is 0. The van der Waals surface area contributed by atoms with Crippen LogP contribution < -0.4 is 9.47 Å². The van der Waals surface area contributed by atoms with Crippen molar-refractivity contribution in [3.8, 4) is 11.5 Å². The van der Waals surface area contributed by atoms with Gasteiger partial charge in [0.25, 0.3) is 0 Å². The number of rotatable bonds is 11. The molecule has 0 unspecified atom stereocenters. The highest BCUT2D eigenvalue weighted by atomic mass is 32.2. The summed E-state index contributed by atoms with van der Waals surface area (Å²) in [4.78, 5) is 1.14. The zero-order chi connectivity index (χ0) is 16.2. The lowest BCUT2D eigenvalue weighted by Crippen LogP contribution is -2.11. The molecule has 1 aromatic rings. The van der Waals surface area contributed by atoms with Crippen molar-refractivity contribution in [3.05, 3.63) is 30.4 Å². The van der Waals surface area contributed by atoms with Crippen molar-refractivity contribution in [3.63, 3.8) is 0 Å². The van der Waals surface area contributed by atoms with E-state index in [1.54, 1.807) is 19.1 Å². The quantitative estimate of drug-likeness (QED) is 0.318. The molecule has 0 spiro atoms. The summed E-state index contributed by atoms with van der Waals surface area (Å²) >= 11 is 1.74. The van der Waals surface area contributed by atoms with Gasteiger partial charge in [-0.25, -0.2) is 4.31 Å². The highest BCUT2D eigenvalue weighted by molar-refractivity contribution is 7.97. The van der Waals surface area contributed by atoms with Crippen LogP contribution in [0.4, 0.5) is 0 Å². The van der Waals surface area contributed by atoms with Crippen molar-refractivity contribution < 1.29 is 9.47 Å². The van der Waals surface area contributed by atoms with Gasteiger partial charge in [0.1, 0.15) is 11.5 Å². The van der Waals surface area contributed by atoms with Gasteiger partial charge < -0.3 is 9.47 Å². The van der Waals surface area contributed by atoms with E-state index in [4.69, 9.17) is 9.47 Å². The molecule has 0 N–H and O–H groups in total. The van der Waals surface area contributed by atoms with Gasteiger partial charge in [-0.2, -0.15) is 0 Å². The second-order valence-electron chi connectivity index (χ2n) is 5.17. The SMILES string of the molecule is C/C=C\CCCCN(C)Sc1ccc(OC)cc1OCCC. The second kappa shape index (κ2) is 11.4. The van der Waals surface area contributed by atoms with Crippen LogP contribution >= 0.6 is 11.9 Å². The minimum Gasteiger partial charge on any atom is -0.497 e. The first-order valence-corrected chi connectivity index (χ1v) is 8.79. The minimum absolute atomic E-state index is 0.730. The molecule has 0 heterocycles. The van der Waals surface area contributed by atoms with E-state index in [0.29, 0.717) is 0 Å². The van der Waals surface area contributed by atoms with E-state index in [1.807, 2.05) is 12.1 Å². The molecule has 1 aromatic carbocycles. The molecule has 0 amide bonds. The Morgan fingerprint density at radius 1 is 1.27 bits per heavy atom. The Morgan fingerprint density at radius 3 is 2.77 bits per heavy atom. The van der Waals surface area contributed by atoms with Gasteiger partial charge >= 0.3 is 0 Å².